The molecular weight excluding hydrogens is 495 g/mol. The first kappa shape index (κ1) is 24.7. The second kappa shape index (κ2) is 12.3. The lowest BCUT2D eigenvalue weighted by molar-refractivity contribution is -0.146. The number of nitrogens with zero attached hydrogens (tertiary/aromatic N) is 3. The fourth-order valence-electron chi connectivity index (χ4n) is 4.35. The third kappa shape index (κ3) is 6.23. The van der Waals surface area contributed by atoms with Crippen LogP contribution in [-0.4, -0.2) is 75.7 Å². The Morgan fingerprint density at radius 3 is 2.30 bits per heavy atom. The average molecular weight is 530 g/mol. The second-order valence-electron chi connectivity index (χ2n) is 7.74. The summed E-state index contributed by atoms with van der Waals surface area (Å²) in [5.74, 6) is 1.70. The highest BCUT2D eigenvalue weighted by Crippen LogP contribution is 2.26. The lowest BCUT2D eigenvalue weighted by Crippen LogP contribution is -2.48. The molecule has 2 heterocycles. The topological polar surface area (TPSA) is 66.4 Å². The minimum absolute atomic E-state index is 0. The zero-order valence-corrected chi connectivity index (χ0v) is 20.6. The molecule has 0 bridgehead atoms. The molecule has 7 nitrogen and oxygen atoms in total. The van der Waals surface area contributed by atoms with Crippen LogP contribution in [0.4, 0.5) is 0 Å². The molecule has 0 aliphatic carbocycles. The molecule has 0 radical (unpaired) electrons. The summed E-state index contributed by atoms with van der Waals surface area (Å²) in [4.78, 5) is 21.1. The normalized spacial score (nSPS) is 19.2. The van der Waals surface area contributed by atoms with Crippen molar-refractivity contribution in [3.05, 3.63) is 29.8 Å². The van der Waals surface area contributed by atoms with Gasteiger partial charge in [0, 0.05) is 26.7 Å². The molecule has 1 aromatic carbocycles. The first-order valence-corrected chi connectivity index (χ1v) is 10.6. The second-order valence-corrected chi connectivity index (χ2v) is 7.74. The van der Waals surface area contributed by atoms with Crippen molar-refractivity contribution < 1.29 is 14.3 Å². The molecule has 3 rings (SSSR count). The van der Waals surface area contributed by atoms with Crippen LogP contribution in [0.2, 0.25) is 0 Å². The highest BCUT2D eigenvalue weighted by molar-refractivity contribution is 14.0. The first-order valence-electron chi connectivity index (χ1n) is 10.6. The van der Waals surface area contributed by atoms with Gasteiger partial charge < -0.3 is 19.7 Å². The molecule has 30 heavy (non-hydrogen) atoms. The third-order valence-corrected chi connectivity index (χ3v) is 6.08. The van der Waals surface area contributed by atoms with E-state index in [2.05, 4.69) is 32.2 Å². The van der Waals surface area contributed by atoms with Gasteiger partial charge in [-0.05, 0) is 56.5 Å². The van der Waals surface area contributed by atoms with Crippen LogP contribution in [-0.2, 0) is 9.53 Å². The van der Waals surface area contributed by atoms with Gasteiger partial charge in [-0.1, -0.05) is 12.1 Å². The van der Waals surface area contributed by atoms with E-state index in [-0.39, 0.29) is 35.9 Å². The van der Waals surface area contributed by atoms with E-state index in [1.807, 2.05) is 19.2 Å². The molecule has 0 saturated carbocycles. The number of guanidine groups is 1. The number of nitrogens with one attached hydrogen (secondary N) is 1. The zero-order valence-electron chi connectivity index (χ0n) is 18.3. The maximum atomic E-state index is 11.8. The van der Waals surface area contributed by atoms with Crippen LogP contribution in [0.5, 0.6) is 5.75 Å². The van der Waals surface area contributed by atoms with Crippen LogP contribution >= 0.6 is 24.0 Å². The Morgan fingerprint density at radius 1 is 1.13 bits per heavy atom. The maximum absolute atomic E-state index is 11.8. The molecular formula is C22H35IN4O3. The van der Waals surface area contributed by atoms with Gasteiger partial charge in [-0.3, -0.25) is 14.7 Å². The fraction of sp³-hybridized carbons (Fsp3) is 0.636. The van der Waals surface area contributed by atoms with Crippen LogP contribution in [0.15, 0.2) is 29.3 Å². The Bertz CT molecular complexity index is 684. The molecule has 8 heteroatoms. The quantitative estimate of drug-likeness (QED) is 0.264. The predicted octanol–water partition coefficient (Wildman–Crippen LogP) is 2.91. The number of esters is 1. The van der Waals surface area contributed by atoms with Gasteiger partial charge in [0.05, 0.1) is 26.2 Å². The lowest BCUT2D eigenvalue weighted by atomic mass is 9.97. The van der Waals surface area contributed by atoms with E-state index in [1.54, 1.807) is 7.11 Å². The highest BCUT2D eigenvalue weighted by atomic mass is 127. The Hall–Kier alpha value is -1.55. The number of hydrogen-bond acceptors (Lipinski definition) is 5. The number of benzene rings is 1. The molecule has 0 aromatic heterocycles. The van der Waals surface area contributed by atoms with Gasteiger partial charge in [-0.25, -0.2) is 0 Å². The summed E-state index contributed by atoms with van der Waals surface area (Å²) in [6.45, 7) is 4.69. The van der Waals surface area contributed by atoms with Gasteiger partial charge in [0.1, 0.15) is 5.75 Å². The molecule has 2 saturated heterocycles. The number of likely N-dealkylation sites (tertiary alicyclic amines) is 2. The molecule has 168 valence electrons. The summed E-state index contributed by atoms with van der Waals surface area (Å²) < 4.78 is 10.2. The minimum Gasteiger partial charge on any atom is -0.497 e. The van der Waals surface area contributed by atoms with Gasteiger partial charge in [-0.15, -0.1) is 24.0 Å². The zero-order chi connectivity index (χ0) is 20.6. The molecule has 0 amide bonds. The Balaban J connectivity index is 0.00000320. The van der Waals surface area contributed by atoms with Crippen molar-refractivity contribution in [1.29, 1.82) is 0 Å². The number of aliphatic imine (C=N–C) groups is 1. The third-order valence-electron chi connectivity index (χ3n) is 6.08. The van der Waals surface area contributed by atoms with Crippen LogP contribution in [0.25, 0.3) is 0 Å². The monoisotopic (exact) mass is 530 g/mol. The van der Waals surface area contributed by atoms with E-state index in [4.69, 9.17) is 9.47 Å². The molecule has 2 aliphatic rings. The van der Waals surface area contributed by atoms with E-state index in [0.29, 0.717) is 6.04 Å². The first-order chi connectivity index (χ1) is 14.2. The van der Waals surface area contributed by atoms with E-state index in [1.165, 1.54) is 25.5 Å². The Morgan fingerprint density at radius 2 is 1.77 bits per heavy atom. The molecule has 2 fully saturated rings. The summed E-state index contributed by atoms with van der Waals surface area (Å²) in [6.07, 6.45) is 4.12. The summed E-state index contributed by atoms with van der Waals surface area (Å²) in [5, 5.41) is 3.59. The van der Waals surface area contributed by atoms with Crippen LogP contribution in [0.1, 0.15) is 37.3 Å². The largest absolute Gasteiger partial charge is 0.497 e. The van der Waals surface area contributed by atoms with Crippen molar-refractivity contribution >= 4 is 35.9 Å². The van der Waals surface area contributed by atoms with E-state index >= 15 is 0 Å². The molecule has 1 atom stereocenters. The molecule has 1 N–H and O–H groups in total. The van der Waals surface area contributed by atoms with Crippen LogP contribution in [0, 0.1) is 5.92 Å². The predicted molar refractivity (Wildman–Crippen MR) is 130 cm³/mol. The number of halogens is 1. The van der Waals surface area contributed by atoms with E-state index < -0.39 is 0 Å². The number of hydrogen-bond donors (Lipinski definition) is 1. The van der Waals surface area contributed by atoms with Crippen molar-refractivity contribution in [2.45, 2.75) is 31.7 Å². The van der Waals surface area contributed by atoms with Gasteiger partial charge in [-0.2, -0.15) is 0 Å². The molecule has 1 unspecified atom stereocenters. The van der Waals surface area contributed by atoms with E-state index in [0.717, 1.165) is 57.3 Å². The lowest BCUT2D eigenvalue weighted by Gasteiger charge is -2.35. The SMILES string of the molecule is CN=C(NCC(c1ccc(OC)cc1)N1CCCC1)N1CCC(C(=O)OC)CC1.I. The van der Waals surface area contributed by atoms with Crippen LogP contribution in [0.3, 0.4) is 0 Å². The number of rotatable bonds is 6. The minimum atomic E-state index is -0.0961. The summed E-state index contributed by atoms with van der Waals surface area (Å²) >= 11 is 0. The Labute approximate surface area is 197 Å². The number of carbonyl (C=O) groups excluding carboxylic acids is 1. The van der Waals surface area contributed by atoms with Gasteiger partial charge in [0.25, 0.3) is 0 Å². The number of carbonyl (C=O) groups is 1. The average Bonchev–Trinajstić information content (AvgIpc) is 3.31. The van der Waals surface area contributed by atoms with Crippen LogP contribution < -0.4 is 10.1 Å². The van der Waals surface area contributed by atoms with Gasteiger partial charge in [0.2, 0.25) is 0 Å². The van der Waals surface area contributed by atoms with Crippen molar-refractivity contribution in [2.75, 3.05) is 54.0 Å². The van der Waals surface area contributed by atoms with E-state index in [9.17, 15) is 4.79 Å². The standard InChI is InChI=1S/C22H34N4O3.HI/c1-23-22(26-14-10-18(11-15-26)21(27)29-3)24-16-20(25-12-4-5-13-25)17-6-8-19(28-2)9-7-17;/h6-9,18,20H,4-5,10-16H2,1-3H3,(H,23,24);1H. The molecule has 2 aliphatic heterocycles. The smallest absolute Gasteiger partial charge is 0.308 e. The van der Waals surface area contributed by atoms with Crippen molar-refractivity contribution in [3.8, 4) is 5.75 Å². The number of methoxy groups -OCH3 is 2. The highest BCUT2D eigenvalue weighted by Gasteiger charge is 2.28. The Kier molecular flexibility index (Phi) is 10.2. The number of ether oxygens (including phenoxy) is 2. The maximum Gasteiger partial charge on any atom is 0.308 e. The number of piperidine rings is 1. The summed E-state index contributed by atoms with van der Waals surface area (Å²) in [5.41, 5.74) is 1.29. The molecule has 1 aromatic rings. The fourth-order valence-corrected chi connectivity index (χ4v) is 4.35. The van der Waals surface area contributed by atoms with Gasteiger partial charge >= 0.3 is 5.97 Å². The molecule has 0 spiro atoms. The summed E-state index contributed by atoms with van der Waals surface area (Å²) in [6, 6.07) is 8.69. The van der Waals surface area contributed by atoms with Crippen molar-refractivity contribution in [2.24, 2.45) is 10.9 Å². The van der Waals surface area contributed by atoms with Crippen molar-refractivity contribution in [1.82, 2.24) is 15.1 Å². The van der Waals surface area contributed by atoms with Crippen molar-refractivity contribution in [3.63, 3.8) is 0 Å². The summed E-state index contributed by atoms with van der Waals surface area (Å²) in [7, 11) is 4.99. The van der Waals surface area contributed by atoms with Gasteiger partial charge in [0.15, 0.2) is 5.96 Å².